The number of thiophene rings is 1. The van der Waals surface area contributed by atoms with Crippen LogP contribution in [0.5, 0.6) is 0 Å². The van der Waals surface area contributed by atoms with Gasteiger partial charge in [-0.1, -0.05) is 19.1 Å². The van der Waals surface area contributed by atoms with Crippen LogP contribution in [0.2, 0.25) is 0 Å². The Morgan fingerprint density at radius 2 is 2.09 bits per heavy atom. The Morgan fingerprint density at radius 3 is 2.74 bits per heavy atom. The Morgan fingerprint density at radius 1 is 1.26 bits per heavy atom. The highest BCUT2D eigenvalue weighted by Gasteiger charge is 2.17. The van der Waals surface area contributed by atoms with Crippen molar-refractivity contribution in [2.75, 3.05) is 4.72 Å². The Bertz CT molecular complexity index is 926. The molecule has 1 aromatic carbocycles. The molecule has 7 heteroatoms. The van der Waals surface area contributed by atoms with E-state index in [0.29, 0.717) is 9.90 Å². The highest BCUT2D eigenvalue weighted by atomic mass is 32.2. The van der Waals surface area contributed by atoms with Crippen LogP contribution in [0.25, 0.3) is 11.3 Å². The van der Waals surface area contributed by atoms with Crippen molar-refractivity contribution in [1.82, 2.24) is 9.97 Å². The number of hydrogen-bond donors (Lipinski definition) is 2. The number of aromatic nitrogens is 2. The van der Waals surface area contributed by atoms with Gasteiger partial charge >= 0.3 is 0 Å². The second-order valence-electron chi connectivity index (χ2n) is 5.14. The van der Waals surface area contributed by atoms with E-state index in [2.05, 4.69) is 14.7 Å². The maximum absolute atomic E-state index is 12.5. The van der Waals surface area contributed by atoms with Gasteiger partial charge in [-0.05, 0) is 37.6 Å². The van der Waals surface area contributed by atoms with Crippen molar-refractivity contribution in [2.45, 2.75) is 24.5 Å². The van der Waals surface area contributed by atoms with Crippen LogP contribution in [0.15, 0.2) is 46.8 Å². The quantitative estimate of drug-likeness (QED) is 0.737. The van der Waals surface area contributed by atoms with Gasteiger partial charge in [0.05, 0.1) is 11.9 Å². The van der Waals surface area contributed by atoms with Crippen molar-refractivity contribution >= 4 is 27.0 Å². The molecule has 5 nitrogen and oxygen atoms in total. The second-order valence-corrected chi connectivity index (χ2v) is 8.22. The number of anilines is 1. The van der Waals surface area contributed by atoms with Crippen molar-refractivity contribution in [1.29, 1.82) is 0 Å². The smallest absolute Gasteiger partial charge is 0.271 e. The monoisotopic (exact) mass is 347 g/mol. The molecule has 0 radical (unpaired) electrons. The summed E-state index contributed by atoms with van der Waals surface area (Å²) in [6, 6.07) is 10.7. The minimum absolute atomic E-state index is 0.331. The van der Waals surface area contributed by atoms with Crippen LogP contribution in [-0.2, 0) is 16.4 Å². The van der Waals surface area contributed by atoms with Gasteiger partial charge in [-0.2, -0.15) is 0 Å². The number of H-pyrrole nitrogens is 1. The Kier molecular flexibility index (Phi) is 4.23. The Hall–Kier alpha value is -2.12. The molecule has 0 aliphatic rings. The van der Waals surface area contributed by atoms with Gasteiger partial charge in [0.25, 0.3) is 10.0 Å². The zero-order valence-electron chi connectivity index (χ0n) is 12.8. The molecule has 23 heavy (non-hydrogen) atoms. The first-order valence-corrected chi connectivity index (χ1v) is 9.51. The lowest BCUT2D eigenvalue weighted by Gasteiger charge is -2.07. The molecule has 0 atom stereocenters. The van der Waals surface area contributed by atoms with E-state index in [9.17, 15) is 8.42 Å². The molecule has 2 heterocycles. The molecule has 0 amide bonds. The number of aromatic amines is 1. The third-order valence-electron chi connectivity index (χ3n) is 3.38. The lowest BCUT2D eigenvalue weighted by Crippen LogP contribution is -2.11. The molecule has 0 saturated heterocycles. The average Bonchev–Trinajstić information content (AvgIpc) is 3.16. The summed E-state index contributed by atoms with van der Waals surface area (Å²) in [7, 11) is -3.55. The topological polar surface area (TPSA) is 74.8 Å². The summed E-state index contributed by atoms with van der Waals surface area (Å²) >= 11 is 1.30. The minimum atomic E-state index is -3.55. The number of nitrogens with zero attached hydrogens (tertiary/aromatic N) is 1. The maximum atomic E-state index is 12.5. The first kappa shape index (κ1) is 15.8. The zero-order valence-corrected chi connectivity index (χ0v) is 14.5. The van der Waals surface area contributed by atoms with Crippen molar-refractivity contribution in [3.63, 3.8) is 0 Å². The molecule has 3 rings (SSSR count). The van der Waals surface area contributed by atoms with Crippen LogP contribution < -0.4 is 4.72 Å². The summed E-state index contributed by atoms with van der Waals surface area (Å²) in [5.74, 6) is 0.816. The van der Waals surface area contributed by atoms with E-state index in [1.165, 1.54) is 11.3 Å². The first-order valence-electron chi connectivity index (χ1n) is 7.21. The molecule has 2 aromatic heterocycles. The number of benzene rings is 1. The molecular weight excluding hydrogens is 330 g/mol. The molecular formula is C16H17N3O2S2. The average molecular weight is 347 g/mol. The van der Waals surface area contributed by atoms with Crippen molar-refractivity contribution < 1.29 is 8.42 Å². The standard InChI is InChI=1S/C16H17N3O2S2/c1-3-14-7-8-16(22-14)23(20,21)19-13-6-4-5-12(9-13)15-10-17-11(2)18-15/h4-10,19H,3H2,1-2H3,(H,17,18). The predicted molar refractivity (Wildman–Crippen MR) is 93.3 cm³/mol. The van der Waals surface area contributed by atoms with Gasteiger partial charge in [0.2, 0.25) is 0 Å². The van der Waals surface area contributed by atoms with Crippen LogP contribution in [0.4, 0.5) is 5.69 Å². The third kappa shape index (κ3) is 3.46. The van der Waals surface area contributed by atoms with Crippen molar-refractivity contribution in [3.8, 4) is 11.3 Å². The van der Waals surface area contributed by atoms with Gasteiger partial charge in [0.15, 0.2) is 0 Å². The summed E-state index contributed by atoms with van der Waals surface area (Å²) in [5, 5.41) is 0. The van der Waals surface area contributed by atoms with Crippen LogP contribution >= 0.6 is 11.3 Å². The Balaban J connectivity index is 1.88. The number of hydrogen-bond acceptors (Lipinski definition) is 4. The zero-order chi connectivity index (χ0) is 16.4. The fourth-order valence-corrected chi connectivity index (χ4v) is 4.56. The first-order chi connectivity index (χ1) is 11.0. The largest absolute Gasteiger partial charge is 0.342 e. The van der Waals surface area contributed by atoms with Crippen molar-refractivity contribution in [2.24, 2.45) is 0 Å². The van der Waals surface area contributed by atoms with E-state index in [4.69, 9.17) is 0 Å². The normalized spacial score (nSPS) is 11.6. The van der Waals surface area contributed by atoms with Crippen molar-refractivity contribution in [3.05, 3.63) is 53.3 Å². The Labute approximate surface area is 139 Å². The summed E-state index contributed by atoms with van der Waals surface area (Å²) in [6.45, 7) is 3.88. The molecule has 3 aromatic rings. The fourth-order valence-electron chi connectivity index (χ4n) is 2.22. The van der Waals surface area contributed by atoms with Crippen LogP contribution in [0, 0.1) is 6.92 Å². The number of sulfonamides is 1. The van der Waals surface area contributed by atoms with Gasteiger partial charge in [0.1, 0.15) is 10.0 Å². The second kappa shape index (κ2) is 6.17. The molecule has 120 valence electrons. The number of rotatable bonds is 5. The van der Waals surface area contributed by atoms with E-state index in [1.54, 1.807) is 24.4 Å². The van der Waals surface area contributed by atoms with E-state index in [0.717, 1.165) is 28.4 Å². The highest BCUT2D eigenvalue weighted by Crippen LogP contribution is 2.26. The lowest BCUT2D eigenvalue weighted by molar-refractivity contribution is 0.603. The summed E-state index contributed by atoms with van der Waals surface area (Å²) in [5.41, 5.74) is 2.26. The van der Waals surface area contributed by atoms with E-state index in [-0.39, 0.29) is 0 Å². The number of aryl methyl sites for hydroxylation is 2. The highest BCUT2D eigenvalue weighted by molar-refractivity contribution is 7.94. The van der Waals surface area contributed by atoms with Gasteiger partial charge in [0, 0.05) is 16.1 Å². The molecule has 0 aliphatic carbocycles. The van der Waals surface area contributed by atoms with Gasteiger partial charge in [-0.3, -0.25) is 4.72 Å². The summed E-state index contributed by atoms with van der Waals surface area (Å²) in [4.78, 5) is 8.35. The maximum Gasteiger partial charge on any atom is 0.271 e. The molecule has 2 N–H and O–H groups in total. The summed E-state index contributed by atoms with van der Waals surface area (Å²) in [6.07, 6.45) is 2.56. The van der Waals surface area contributed by atoms with Crippen LogP contribution in [-0.4, -0.2) is 18.4 Å². The molecule has 0 fully saturated rings. The minimum Gasteiger partial charge on any atom is -0.342 e. The van der Waals surface area contributed by atoms with Gasteiger partial charge < -0.3 is 4.98 Å². The number of nitrogens with one attached hydrogen (secondary N) is 2. The SMILES string of the molecule is CCc1ccc(S(=O)(=O)Nc2cccc(-c3cnc(C)[nH]3)c2)s1. The molecule has 0 spiro atoms. The van der Waals surface area contributed by atoms with E-state index < -0.39 is 10.0 Å². The molecule has 0 unspecified atom stereocenters. The van der Waals surface area contributed by atoms with Crippen LogP contribution in [0.3, 0.4) is 0 Å². The van der Waals surface area contributed by atoms with Gasteiger partial charge in [-0.25, -0.2) is 13.4 Å². The lowest BCUT2D eigenvalue weighted by atomic mass is 10.1. The number of imidazole rings is 1. The fraction of sp³-hybridized carbons (Fsp3) is 0.188. The predicted octanol–water partition coefficient (Wildman–Crippen LogP) is 3.81. The van der Waals surface area contributed by atoms with E-state index >= 15 is 0 Å². The third-order valence-corrected chi connectivity index (χ3v) is 6.48. The molecule has 0 saturated carbocycles. The van der Waals surface area contributed by atoms with Crippen LogP contribution in [0.1, 0.15) is 17.6 Å². The molecule has 0 aliphatic heterocycles. The van der Waals surface area contributed by atoms with Gasteiger partial charge in [-0.15, -0.1) is 11.3 Å². The van der Waals surface area contributed by atoms with E-state index in [1.807, 2.05) is 32.0 Å². The molecule has 0 bridgehead atoms. The summed E-state index contributed by atoms with van der Waals surface area (Å²) < 4.78 is 27.9.